The molecular formula is C21H19F3N2O2. The summed E-state index contributed by atoms with van der Waals surface area (Å²) < 4.78 is 39.4. The van der Waals surface area contributed by atoms with Crippen molar-refractivity contribution >= 4 is 11.8 Å². The van der Waals surface area contributed by atoms with Crippen LogP contribution in [0.5, 0.6) is 0 Å². The largest absolute Gasteiger partial charge is 0.416 e. The van der Waals surface area contributed by atoms with Gasteiger partial charge >= 0.3 is 6.18 Å². The summed E-state index contributed by atoms with van der Waals surface area (Å²) in [7, 11) is 0. The molecule has 0 heterocycles. The summed E-state index contributed by atoms with van der Waals surface area (Å²) in [5.74, 6) is -0.963. The molecule has 0 saturated heterocycles. The molecule has 1 aliphatic carbocycles. The molecule has 2 aromatic carbocycles. The topological polar surface area (TPSA) is 58.2 Å². The molecule has 0 aliphatic heterocycles. The number of benzene rings is 2. The van der Waals surface area contributed by atoms with Gasteiger partial charge in [0, 0.05) is 24.1 Å². The van der Waals surface area contributed by atoms with Gasteiger partial charge < -0.3 is 10.6 Å². The van der Waals surface area contributed by atoms with Crippen LogP contribution in [0.3, 0.4) is 0 Å². The molecule has 2 aromatic rings. The van der Waals surface area contributed by atoms with Gasteiger partial charge in [0.2, 0.25) is 5.91 Å². The highest BCUT2D eigenvalue weighted by molar-refractivity contribution is 5.94. The van der Waals surface area contributed by atoms with Gasteiger partial charge in [-0.25, -0.2) is 0 Å². The Bertz CT molecular complexity index is 891. The molecule has 146 valence electrons. The first-order valence-electron chi connectivity index (χ1n) is 8.76. The minimum absolute atomic E-state index is 0.216. The highest BCUT2D eigenvalue weighted by atomic mass is 19.4. The van der Waals surface area contributed by atoms with Crippen LogP contribution in [0.1, 0.15) is 39.4 Å². The molecule has 1 fully saturated rings. The van der Waals surface area contributed by atoms with Crippen molar-refractivity contribution in [2.45, 2.75) is 31.1 Å². The molecular weight excluding hydrogens is 369 g/mol. The Hall–Kier alpha value is -3.09. The summed E-state index contributed by atoms with van der Waals surface area (Å²) in [6.07, 6.45) is -2.76. The highest BCUT2D eigenvalue weighted by Gasteiger charge is 2.44. The summed E-state index contributed by atoms with van der Waals surface area (Å²) in [4.78, 5) is 23.5. The summed E-state index contributed by atoms with van der Waals surface area (Å²) >= 11 is 0. The predicted octanol–water partition coefficient (Wildman–Crippen LogP) is 3.79. The van der Waals surface area contributed by atoms with Gasteiger partial charge in [0.05, 0.1) is 5.56 Å². The standard InChI is InChI=1S/C21H19F3N2O2/c1-2-19(27)25-12-13-7-9-14(10-8-13)20(28)26-18-11-16(18)15-5-3-4-6-17(15)21(22,23)24/h2-10,16,18H,1,11-12H2,(H,25,27)(H,26,28)/t16-,18+/m0/s1. The Morgan fingerprint density at radius 2 is 1.79 bits per heavy atom. The van der Waals surface area contributed by atoms with Gasteiger partial charge in [-0.3, -0.25) is 9.59 Å². The van der Waals surface area contributed by atoms with Crippen molar-refractivity contribution in [1.82, 2.24) is 10.6 Å². The number of alkyl halides is 3. The van der Waals surface area contributed by atoms with E-state index in [-0.39, 0.29) is 29.3 Å². The SMILES string of the molecule is C=CC(=O)NCc1ccc(C(=O)N[C@@H]2C[C@H]2c2ccccc2C(F)(F)F)cc1. The van der Waals surface area contributed by atoms with E-state index in [2.05, 4.69) is 17.2 Å². The van der Waals surface area contributed by atoms with Crippen molar-refractivity contribution in [2.75, 3.05) is 0 Å². The lowest BCUT2D eigenvalue weighted by Gasteiger charge is -2.12. The van der Waals surface area contributed by atoms with Crippen LogP contribution in [0.15, 0.2) is 61.2 Å². The van der Waals surface area contributed by atoms with Crippen molar-refractivity contribution in [2.24, 2.45) is 0 Å². The molecule has 2 atom stereocenters. The van der Waals surface area contributed by atoms with Crippen LogP contribution in [0.2, 0.25) is 0 Å². The molecule has 0 bridgehead atoms. The van der Waals surface area contributed by atoms with Gasteiger partial charge in [-0.15, -0.1) is 0 Å². The molecule has 2 amide bonds. The molecule has 0 aromatic heterocycles. The number of hydrogen-bond acceptors (Lipinski definition) is 2. The molecule has 0 unspecified atom stereocenters. The van der Waals surface area contributed by atoms with Gasteiger partial charge in [-0.2, -0.15) is 13.2 Å². The van der Waals surface area contributed by atoms with Gasteiger partial charge in [0.1, 0.15) is 0 Å². The van der Waals surface area contributed by atoms with Gasteiger partial charge in [0.25, 0.3) is 5.91 Å². The highest BCUT2D eigenvalue weighted by Crippen LogP contribution is 2.46. The third-order valence-corrected chi connectivity index (χ3v) is 4.64. The second-order valence-corrected chi connectivity index (χ2v) is 6.63. The number of carbonyl (C=O) groups is 2. The third-order valence-electron chi connectivity index (χ3n) is 4.64. The van der Waals surface area contributed by atoms with E-state index in [1.165, 1.54) is 18.2 Å². The summed E-state index contributed by atoms with van der Waals surface area (Å²) in [5.41, 5.74) is 0.792. The maximum Gasteiger partial charge on any atom is 0.416 e. The van der Waals surface area contributed by atoms with E-state index in [1.807, 2.05) is 0 Å². The lowest BCUT2D eigenvalue weighted by molar-refractivity contribution is -0.138. The smallest absolute Gasteiger partial charge is 0.349 e. The normalized spacial score (nSPS) is 18.2. The van der Waals surface area contributed by atoms with Crippen LogP contribution in [0.4, 0.5) is 13.2 Å². The number of carbonyl (C=O) groups excluding carboxylic acids is 2. The Balaban J connectivity index is 1.60. The summed E-state index contributed by atoms with van der Waals surface area (Å²) in [6.45, 7) is 3.67. The third kappa shape index (κ3) is 4.60. The Morgan fingerprint density at radius 1 is 1.11 bits per heavy atom. The first-order valence-corrected chi connectivity index (χ1v) is 8.76. The Morgan fingerprint density at radius 3 is 2.43 bits per heavy atom. The van der Waals surface area contributed by atoms with Crippen LogP contribution < -0.4 is 10.6 Å². The van der Waals surface area contributed by atoms with Crippen LogP contribution in [-0.4, -0.2) is 17.9 Å². The molecule has 2 N–H and O–H groups in total. The second kappa shape index (κ2) is 7.88. The molecule has 4 nitrogen and oxygen atoms in total. The molecule has 7 heteroatoms. The monoisotopic (exact) mass is 388 g/mol. The van der Waals surface area contributed by atoms with E-state index in [9.17, 15) is 22.8 Å². The van der Waals surface area contributed by atoms with Crippen LogP contribution >= 0.6 is 0 Å². The van der Waals surface area contributed by atoms with Crippen molar-refractivity contribution < 1.29 is 22.8 Å². The first-order chi connectivity index (χ1) is 13.3. The minimum Gasteiger partial charge on any atom is -0.349 e. The van der Waals surface area contributed by atoms with E-state index in [0.29, 0.717) is 18.5 Å². The maximum absolute atomic E-state index is 13.1. The molecule has 3 rings (SSSR count). The number of nitrogens with one attached hydrogen (secondary N) is 2. The van der Waals surface area contributed by atoms with Crippen LogP contribution in [0, 0.1) is 0 Å². The fraction of sp³-hybridized carbons (Fsp3) is 0.238. The van der Waals surface area contributed by atoms with Crippen molar-refractivity contribution in [1.29, 1.82) is 0 Å². The van der Waals surface area contributed by atoms with Gasteiger partial charge in [-0.05, 0) is 41.8 Å². The van der Waals surface area contributed by atoms with Crippen LogP contribution in [0.25, 0.3) is 0 Å². The zero-order valence-electron chi connectivity index (χ0n) is 14.9. The number of amides is 2. The van der Waals surface area contributed by atoms with Gasteiger partial charge in [0.15, 0.2) is 0 Å². The molecule has 1 saturated carbocycles. The van der Waals surface area contributed by atoms with Crippen molar-refractivity contribution in [3.05, 3.63) is 83.4 Å². The summed E-state index contributed by atoms with van der Waals surface area (Å²) in [5, 5.41) is 5.42. The van der Waals surface area contributed by atoms with E-state index < -0.39 is 11.7 Å². The lowest BCUT2D eigenvalue weighted by atomic mass is 10.0. The molecule has 28 heavy (non-hydrogen) atoms. The summed E-state index contributed by atoms with van der Waals surface area (Å²) in [6, 6.07) is 11.8. The van der Waals surface area contributed by atoms with Crippen molar-refractivity contribution in [3.63, 3.8) is 0 Å². The predicted molar refractivity (Wildman–Crippen MR) is 98.5 cm³/mol. The van der Waals surface area contributed by atoms with Crippen molar-refractivity contribution in [3.8, 4) is 0 Å². The minimum atomic E-state index is -4.41. The van der Waals surface area contributed by atoms with Crippen LogP contribution in [-0.2, 0) is 17.5 Å². The second-order valence-electron chi connectivity index (χ2n) is 6.63. The Labute approximate surface area is 160 Å². The molecule has 0 radical (unpaired) electrons. The zero-order valence-corrected chi connectivity index (χ0v) is 14.9. The van der Waals surface area contributed by atoms with E-state index in [4.69, 9.17) is 0 Å². The Kier molecular flexibility index (Phi) is 5.53. The number of halogens is 3. The fourth-order valence-corrected chi connectivity index (χ4v) is 3.06. The van der Waals surface area contributed by atoms with Gasteiger partial charge in [-0.1, -0.05) is 36.9 Å². The molecule has 1 aliphatic rings. The average molecular weight is 388 g/mol. The fourth-order valence-electron chi connectivity index (χ4n) is 3.06. The lowest BCUT2D eigenvalue weighted by Crippen LogP contribution is -2.27. The first kappa shape index (κ1) is 19.7. The number of rotatable bonds is 6. The molecule has 0 spiro atoms. The average Bonchev–Trinajstić information content (AvgIpc) is 3.44. The maximum atomic E-state index is 13.1. The number of hydrogen-bond donors (Lipinski definition) is 2. The zero-order chi connectivity index (χ0) is 20.3. The van der Waals surface area contributed by atoms with E-state index in [0.717, 1.165) is 11.6 Å². The van der Waals surface area contributed by atoms with E-state index >= 15 is 0 Å². The van der Waals surface area contributed by atoms with E-state index in [1.54, 1.807) is 30.3 Å². The quantitative estimate of drug-likeness (QED) is 0.740.